The number of rotatable bonds is 4. The first-order valence-electron chi connectivity index (χ1n) is 7.13. The van der Waals surface area contributed by atoms with Crippen LogP contribution in [0.3, 0.4) is 0 Å². The number of hydrogen-bond donors (Lipinski definition) is 1. The van der Waals surface area contributed by atoms with Gasteiger partial charge in [-0.3, -0.25) is 9.59 Å². The number of carbonyl (C=O) groups excluding carboxylic acids is 2. The standard InChI is InChI=1S/C17H16N2O3/c1-11-2-7-17(18-9-11)22-10-15(20)13-3-5-14-12(8-13)4-6-16(21)19-14/h2-3,5,7-9H,4,6,10H2,1H3,(H,19,21). The zero-order valence-corrected chi connectivity index (χ0v) is 12.3. The van der Waals surface area contributed by atoms with E-state index in [1.807, 2.05) is 19.1 Å². The number of nitrogens with one attached hydrogen (secondary N) is 1. The number of aryl methyl sites for hydroxylation is 2. The van der Waals surface area contributed by atoms with Gasteiger partial charge in [0.25, 0.3) is 0 Å². The maximum absolute atomic E-state index is 12.2. The Hall–Kier alpha value is -2.69. The summed E-state index contributed by atoms with van der Waals surface area (Å²) in [4.78, 5) is 27.6. The van der Waals surface area contributed by atoms with Crippen molar-refractivity contribution in [3.05, 3.63) is 53.2 Å². The largest absolute Gasteiger partial charge is 0.469 e. The van der Waals surface area contributed by atoms with Crippen molar-refractivity contribution in [2.45, 2.75) is 19.8 Å². The Morgan fingerprint density at radius 1 is 1.27 bits per heavy atom. The van der Waals surface area contributed by atoms with Crippen LogP contribution in [0.25, 0.3) is 0 Å². The fraction of sp³-hybridized carbons (Fsp3) is 0.235. The van der Waals surface area contributed by atoms with Crippen LogP contribution in [0, 0.1) is 6.92 Å². The highest BCUT2D eigenvalue weighted by Crippen LogP contribution is 2.23. The Kier molecular flexibility index (Phi) is 3.87. The summed E-state index contributed by atoms with van der Waals surface area (Å²) in [7, 11) is 0. The molecule has 0 atom stereocenters. The van der Waals surface area contributed by atoms with E-state index < -0.39 is 0 Å². The lowest BCUT2D eigenvalue weighted by atomic mass is 9.99. The van der Waals surface area contributed by atoms with E-state index in [1.54, 1.807) is 24.4 Å². The highest BCUT2D eigenvalue weighted by Gasteiger charge is 2.17. The molecule has 2 heterocycles. The SMILES string of the molecule is Cc1ccc(OCC(=O)c2ccc3c(c2)CCC(=O)N3)nc1. The van der Waals surface area contributed by atoms with Gasteiger partial charge in [0.1, 0.15) is 0 Å². The van der Waals surface area contributed by atoms with Gasteiger partial charge in [0.2, 0.25) is 11.8 Å². The quantitative estimate of drug-likeness (QED) is 0.880. The summed E-state index contributed by atoms with van der Waals surface area (Å²) in [6.07, 6.45) is 2.80. The number of aromatic nitrogens is 1. The predicted molar refractivity (Wildman–Crippen MR) is 82.2 cm³/mol. The van der Waals surface area contributed by atoms with Gasteiger partial charge >= 0.3 is 0 Å². The molecule has 3 rings (SSSR count). The van der Waals surface area contributed by atoms with Crippen molar-refractivity contribution >= 4 is 17.4 Å². The van der Waals surface area contributed by atoms with Crippen molar-refractivity contribution in [2.75, 3.05) is 11.9 Å². The molecule has 0 saturated carbocycles. The predicted octanol–water partition coefficient (Wildman–Crippen LogP) is 2.54. The lowest BCUT2D eigenvalue weighted by Crippen LogP contribution is -2.20. The van der Waals surface area contributed by atoms with E-state index in [4.69, 9.17) is 4.74 Å². The van der Waals surface area contributed by atoms with E-state index in [0.717, 1.165) is 16.8 Å². The Bertz CT molecular complexity index is 723. The molecular formula is C17H16N2O3. The van der Waals surface area contributed by atoms with Gasteiger partial charge < -0.3 is 10.1 Å². The van der Waals surface area contributed by atoms with Gasteiger partial charge in [0.15, 0.2) is 12.4 Å². The summed E-state index contributed by atoms with van der Waals surface area (Å²) in [6.45, 7) is 1.88. The molecule has 1 aromatic heterocycles. The van der Waals surface area contributed by atoms with Crippen LogP contribution in [0.5, 0.6) is 5.88 Å². The average molecular weight is 296 g/mol. The summed E-state index contributed by atoms with van der Waals surface area (Å²) in [5.41, 5.74) is 3.39. The Labute approximate surface area is 128 Å². The third-order valence-electron chi connectivity index (χ3n) is 3.56. The molecule has 1 aliphatic heterocycles. The van der Waals surface area contributed by atoms with Crippen LogP contribution < -0.4 is 10.1 Å². The van der Waals surface area contributed by atoms with Crippen LogP contribution in [-0.2, 0) is 11.2 Å². The summed E-state index contributed by atoms with van der Waals surface area (Å²) < 4.78 is 5.41. The minimum atomic E-state index is -0.109. The molecule has 22 heavy (non-hydrogen) atoms. The summed E-state index contributed by atoms with van der Waals surface area (Å²) in [5, 5.41) is 2.80. The van der Waals surface area contributed by atoms with Crippen molar-refractivity contribution in [1.82, 2.24) is 4.98 Å². The average Bonchev–Trinajstić information content (AvgIpc) is 2.53. The second kappa shape index (κ2) is 5.97. The molecule has 0 unspecified atom stereocenters. The van der Waals surface area contributed by atoms with Crippen molar-refractivity contribution in [1.29, 1.82) is 0 Å². The van der Waals surface area contributed by atoms with Crippen molar-refractivity contribution in [3.8, 4) is 5.88 Å². The number of ketones is 1. The van der Waals surface area contributed by atoms with E-state index in [2.05, 4.69) is 10.3 Å². The van der Waals surface area contributed by atoms with Gasteiger partial charge in [-0.1, -0.05) is 6.07 Å². The zero-order chi connectivity index (χ0) is 15.5. The molecule has 0 bridgehead atoms. The second-order valence-electron chi connectivity index (χ2n) is 5.31. The topological polar surface area (TPSA) is 68.3 Å². The Morgan fingerprint density at radius 2 is 2.14 bits per heavy atom. The molecule has 5 heteroatoms. The number of nitrogens with zero attached hydrogens (tertiary/aromatic N) is 1. The van der Waals surface area contributed by atoms with Crippen LogP contribution in [0.2, 0.25) is 0 Å². The third kappa shape index (κ3) is 3.14. The fourth-order valence-electron chi connectivity index (χ4n) is 2.32. The van der Waals surface area contributed by atoms with E-state index in [-0.39, 0.29) is 18.3 Å². The smallest absolute Gasteiger partial charge is 0.224 e. The van der Waals surface area contributed by atoms with Crippen molar-refractivity contribution < 1.29 is 14.3 Å². The number of hydrogen-bond acceptors (Lipinski definition) is 4. The number of fused-ring (bicyclic) bond motifs is 1. The molecule has 0 radical (unpaired) electrons. The lowest BCUT2D eigenvalue weighted by molar-refractivity contribution is -0.116. The van der Waals surface area contributed by atoms with E-state index >= 15 is 0 Å². The Balaban J connectivity index is 1.67. The van der Waals surface area contributed by atoms with Crippen LogP contribution in [0.4, 0.5) is 5.69 Å². The summed E-state index contributed by atoms with van der Waals surface area (Å²) >= 11 is 0. The zero-order valence-electron chi connectivity index (χ0n) is 12.3. The highest BCUT2D eigenvalue weighted by molar-refractivity contribution is 5.99. The minimum Gasteiger partial charge on any atom is -0.469 e. The van der Waals surface area contributed by atoms with Gasteiger partial charge in [0, 0.05) is 29.9 Å². The van der Waals surface area contributed by atoms with Gasteiger partial charge in [0.05, 0.1) is 0 Å². The Morgan fingerprint density at radius 3 is 2.91 bits per heavy atom. The van der Waals surface area contributed by atoms with Crippen LogP contribution in [-0.4, -0.2) is 23.3 Å². The number of pyridine rings is 1. The van der Waals surface area contributed by atoms with Crippen LogP contribution in [0.15, 0.2) is 36.5 Å². The van der Waals surface area contributed by atoms with Crippen LogP contribution >= 0.6 is 0 Å². The van der Waals surface area contributed by atoms with Gasteiger partial charge in [-0.05, 0) is 42.7 Å². The molecule has 0 fully saturated rings. The lowest BCUT2D eigenvalue weighted by Gasteiger charge is -2.17. The van der Waals surface area contributed by atoms with E-state index in [9.17, 15) is 9.59 Å². The maximum Gasteiger partial charge on any atom is 0.224 e. The number of Topliss-reactive ketones (excluding diaryl/α,β-unsaturated/α-hetero) is 1. The molecule has 2 aromatic rings. The highest BCUT2D eigenvalue weighted by atomic mass is 16.5. The number of ether oxygens (including phenoxy) is 1. The van der Waals surface area contributed by atoms with Gasteiger partial charge in [-0.15, -0.1) is 0 Å². The fourth-order valence-corrected chi connectivity index (χ4v) is 2.32. The summed E-state index contributed by atoms with van der Waals surface area (Å²) in [6, 6.07) is 8.92. The van der Waals surface area contributed by atoms with Crippen LogP contribution in [0.1, 0.15) is 27.9 Å². The number of anilines is 1. The normalized spacial score (nSPS) is 13.2. The molecule has 1 aromatic carbocycles. The third-order valence-corrected chi connectivity index (χ3v) is 3.56. The van der Waals surface area contributed by atoms with E-state index in [1.165, 1.54) is 0 Å². The molecular weight excluding hydrogens is 280 g/mol. The molecule has 1 amide bonds. The maximum atomic E-state index is 12.2. The van der Waals surface area contributed by atoms with E-state index in [0.29, 0.717) is 24.3 Å². The first kappa shape index (κ1) is 14.3. The number of amides is 1. The van der Waals surface area contributed by atoms with Gasteiger partial charge in [-0.2, -0.15) is 0 Å². The number of carbonyl (C=O) groups is 2. The molecule has 5 nitrogen and oxygen atoms in total. The molecule has 112 valence electrons. The monoisotopic (exact) mass is 296 g/mol. The minimum absolute atomic E-state index is 0.0142. The molecule has 0 aliphatic carbocycles. The molecule has 0 spiro atoms. The molecule has 1 aliphatic rings. The second-order valence-corrected chi connectivity index (χ2v) is 5.31. The first-order valence-corrected chi connectivity index (χ1v) is 7.13. The van der Waals surface area contributed by atoms with Crippen molar-refractivity contribution in [2.24, 2.45) is 0 Å². The molecule has 0 saturated heterocycles. The number of benzene rings is 1. The van der Waals surface area contributed by atoms with Gasteiger partial charge in [-0.25, -0.2) is 4.98 Å². The summed E-state index contributed by atoms with van der Waals surface area (Å²) in [5.74, 6) is 0.339. The first-order chi connectivity index (χ1) is 10.6. The molecule has 1 N–H and O–H groups in total. The van der Waals surface area contributed by atoms with Crippen molar-refractivity contribution in [3.63, 3.8) is 0 Å².